The van der Waals surface area contributed by atoms with Crippen LogP contribution in [0.3, 0.4) is 0 Å². The van der Waals surface area contributed by atoms with E-state index >= 15 is 0 Å². The van der Waals surface area contributed by atoms with Crippen LogP contribution in [0, 0.1) is 47.3 Å². The molecule has 30 heavy (non-hydrogen) atoms. The summed E-state index contributed by atoms with van der Waals surface area (Å²) in [7, 11) is 0. The van der Waals surface area contributed by atoms with Crippen molar-refractivity contribution in [3.63, 3.8) is 0 Å². The molecule has 8 atom stereocenters. The van der Waals surface area contributed by atoms with Gasteiger partial charge in [-0.05, 0) is 105 Å². The van der Waals surface area contributed by atoms with E-state index in [4.69, 9.17) is 0 Å². The molecule has 0 unspecified atom stereocenters. The van der Waals surface area contributed by atoms with Crippen LogP contribution in [-0.4, -0.2) is 26.8 Å². The maximum atomic E-state index is 13.4. The zero-order chi connectivity index (χ0) is 21.1. The molecule has 4 heteroatoms. The lowest BCUT2D eigenvalue weighted by atomic mass is 9.41. The van der Waals surface area contributed by atoms with Gasteiger partial charge in [-0.15, -0.1) is 0 Å². The molecule has 5 rings (SSSR count). The highest BCUT2D eigenvalue weighted by atomic mass is 16.3. The third kappa shape index (κ3) is 3.20. The van der Waals surface area contributed by atoms with Crippen molar-refractivity contribution in [2.45, 2.75) is 97.6 Å². The molecular formula is C26H40N2O2. The molecule has 0 bridgehead atoms. The largest absolute Gasteiger partial charge is 0.393 e. The zero-order valence-electron chi connectivity index (χ0n) is 19.1. The molecule has 4 nitrogen and oxygen atoms in total. The smallest absolute Gasteiger partial charge is 0.157 e. The van der Waals surface area contributed by atoms with E-state index in [0.29, 0.717) is 29.6 Å². The van der Waals surface area contributed by atoms with Crippen LogP contribution in [0.4, 0.5) is 0 Å². The zero-order valence-corrected chi connectivity index (χ0v) is 19.1. The molecule has 4 aliphatic rings. The van der Waals surface area contributed by atoms with E-state index in [1.165, 1.54) is 44.9 Å². The van der Waals surface area contributed by atoms with E-state index in [0.717, 1.165) is 36.8 Å². The number of fused-ring (bicyclic) bond motifs is 5. The standard InChI is InChI=1S/C26H40N2O2/c1-17-11-14-28(27-17)16-24(30)23-6-4-5-21-20-8-7-18-15-19(29)9-12-25(18,2)22(20)10-13-26(21,23)3/h11,14,18-23,29H,4-10,12-13,15-16H2,1-3H3/t18-,19+,20-,21-,22-,23+,25-,26-/m0/s1. The summed E-state index contributed by atoms with van der Waals surface area (Å²) in [6.45, 7) is 7.44. The lowest BCUT2D eigenvalue weighted by Gasteiger charge is -2.63. The third-order valence-electron chi connectivity index (χ3n) is 10.4. The van der Waals surface area contributed by atoms with Crippen molar-refractivity contribution < 1.29 is 9.90 Å². The Balaban J connectivity index is 1.37. The van der Waals surface area contributed by atoms with E-state index in [-0.39, 0.29) is 17.4 Å². The Morgan fingerprint density at radius 2 is 1.87 bits per heavy atom. The fourth-order valence-corrected chi connectivity index (χ4v) is 8.78. The summed E-state index contributed by atoms with van der Waals surface area (Å²) in [6, 6.07) is 1.99. The number of aromatic nitrogens is 2. The Kier molecular flexibility index (Phi) is 5.16. The summed E-state index contributed by atoms with van der Waals surface area (Å²) in [4.78, 5) is 13.4. The van der Waals surface area contributed by atoms with Crippen LogP contribution in [0.25, 0.3) is 0 Å². The lowest BCUT2D eigenvalue weighted by Crippen LogP contribution is -2.57. The summed E-state index contributed by atoms with van der Waals surface area (Å²) in [5, 5.41) is 14.7. The number of hydrogen-bond acceptors (Lipinski definition) is 3. The van der Waals surface area contributed by atoms with Crippen LogP contribution in [-0.2, 0) is 11.3 Å². The first-order valence-corrected chi connectivity index (χ1v) is 12.5. The predicted molar refractivity (Wildman–Crippen MR) is 118 cm³/mol. The molecule has 0 aromatic carbocycles. The van der Waals surface area contributed by atoms with Crippen molar-refractivity contribution in [3.05, 3.63) is 18.0 Å². The highest BCUT2D eigenvalue weighted by Gasteiger charge is 2.59. The molecule has 0 saturated heterocycles. The van der Waals surface area contributed by atoms with Gasteiger partial charge in [0.25, 0.3) is 0 Å². The molecule has 0 spiro atoms. The number of aliphatic hydroxyl groups excluding tert-OH is 1. The number of carbonyl (C=O) groups is 1. The molecule has 0 radical (unpaired) electrons. The number of carbonyl (C=O) groups excluding carboxylic acids is 1. The number of hydrogen-bond donors (Lipinski definition) is 1. The van der Waals surface area contributed by atoms with Crippen molar-refractivity contribution in [2.24, 2.45) is 40.4 Å². The van der Waals surface area contributed by atoms with Gasteiger partial charge in [0, 0.05) is 12.1 Å². The SMILES string of the molecule is Cc1ccn(CC(=O)[C@H]2CCC[C@H]3[C@@H]4CC[C@H]5C[C@H](O)CC[C@]5(C)[C@H]4CC[C@]23C)n1. The molecule has 4 fully saturated rings. The second kappa shape index (κ2) is 7.46. The van der Waals surface area contributed by atoms with Gasteiger partial charge < -0.3 is 5.11 Å². The molecule has 1 aromatic heterocycles. The summed E-state index contributed by atoms with van der Waals surface area (Å²) in [5.41, 5.74) is 1.56. The number of rotatable bonds is 3. The predicted octanol–water partition coefficient (Wildman–Crippen LogP) is 5.17. The van der Waals surface area contributed by atoms with Crippen molar-refractivity contribution in [2.75, 3.05) is 0 Å². The molecule has 166 valence electrons. The van der Waals surface area contributed by atoms with E-state index in [1.807, 2.05) is 23.9 Å². The van der Waals surface area contributed by atoms with Gasteiger partial charge in [0.05, 0.1) is 18.3 Å². The first-order chi connectivity index (χ1) is 14.3. The monoisotopic (exact) mass is 412 g/mol. The molecule has 4 aliphatic carbocycles. The van der Waals surface area contributed by atoms with E-state index < -0.39 is 0 Å². The molecule has 4 saturated carbocycles. The quantitative estimate of drug-likeness (QED) is 0.745. The van der Waals surface area contributed by atoms with Crippen molar-refractivity contribution in [1.29, 1.82) is 0 Å². The van der Waals surface area contributed by atoms with Gasteiger partial charge in [-0.2, -0.15) is 5.10 Å². The average Bonchev–Trinajstić information content (AvgIpc) is 3.11. The maximum absolute atomic E-state index is 13.4. The molecule has 0 aliphatic heterocycles. The number of ketones is 1. The first kappa shape index (κ1) is 20.7. The van der Waals surface area contributed by atoms with Gasteiger partial charge in [0.2, 0.25) is 0 Å². The second-order valence-electron chi connectivity index (χ2n) is 11.7. The van der Waals surface area contributed by atoms with Crippen LogP contribution in [0.15, 0.2) is 12.3 Å². The Morgan fingerprint density at radius 3 is 2.63 bits per heavy atom. The molecule has 0 amide bonds. The highest BCUT2D eigenvalue weighted by Crippen LogP contribution is 2.66. The summed E-state index contributed by atoms with van der Waals surface area (Å²) in [6.07, 6.45) is 13.8. The number of nitrogens with zero attached hydrogens (tertiary/aromatic N) is 2. The Labute approximate surface area is 181 Å². The molecule has 1 heterocycles. The summed E-state index contributed by atoms with van der Waals surface area (Å²) in [5.74, 6) is 3.58. The minimum absolute atomic E-state index is 0.0731. The van der Waals surface area contributed by atoms with Crippen LogP contribution in [0.2, 0.25) is 0 Å². The highest BCUT2D eigenvalue weighted by molar-refractivity contribution is 5.81. The Bertz CT molecular complexity index is 803. The minimum Gasteiger partial charge on any atom is -0.393 e. The summed E-state index contributed by atoms with van der Waals surface area (Å²) >= 11 is 0. The average molecular weight is 413 g/mol. The van der Waals surface area contributed by atoms with Gasteiger partial charge in [0.15, 0.2) is 5.78 Å². The van der Waals surface area contributed by atoms with Gasteiger partial charge in [-0.1, -0.05) is 20.3 Å². The lowest BCUT2D eigenvalue weighted by molar-refractivity contribution is -0.160. The van der Waals surface area contributed by atoms with Gasteiger partial charge >= 0.3 is 0 Å². The Hall–Kier alpha value is -1.16. The minimum atomic E-state index is -0.0731. The molecular weight excluding hydrogens is 372 g/mol. The molecule has 1 N–H and O–H groups in total. The van der Waals surface area contributed by atoms with Gasteiger partial charge in [0.1, 0.15) is 0 Å². The topological polar surface area (TPSA) is 55.1 Å². The van der Waals surface area contributed by atoms with Crippen molar-refractivity contribution >= 4 is 5.78 Å². The second-order valence-corrected chi connectivity index (χ2v) is 11.7. The van der Waals surface area contributed by atoms with E-state index in [2.05, 4.69) is 18.9 Å². The first-order valence-electron chi connectivity index (χ1n) is 12.5. The van der Waals surface area contributed by atoms with Gasteiger partial charge in [-0.3, -0.25) is 9.48 Å². The van der Waals surface area contributed by atoms with Crippen LogP contribution >= 0.6 is 0 Å². The molecule has 1 aromatic rings. The van der Waals surface area contributed by atoms with Crippen LogP contribution in [0.1, 0.15) is 83.7 Å². The van der Waals surface area contributed by atoms with E-state index in [1.54, 1.807) is 0 Å². The third-order valence-corrected chi connectivity index (χ3v) is 10.4. The number of aliphatic hydroxyl groups is 1. The number of Topliss-reactive ketones (excluding diaryl/α,β-unsaturated/α-hetero) is 1. The fraction of sp³-hybridized carbons (Fsp3) is 0.846. The maximum Gasteiger partial charge on any atom is 0.157 e. The van der Waals surface area contributed by atoms with Gasteiger partial charge in [-0.25, -0.2) is 0 Å². The van der Waals surface area contributed by atoms with Crippen LogP contribution < -0.4 is 0 Å². The Morgan fingerprint density at radius 1 is 1.10 bits per heavy atom. The fourth-order valence-electron chi connectivity index (χ4n) is 8.78. The van der Waals surface area contributed by atoms with Crippen molar-refractivity contribution in [3.8, 4) is 0 Å². The van der Waals surface area contributed by atoms with E-state index in [9.17, 15) is 9.90 Å². The summed E-state index contributed by atoms with van der Waals surface area (Å²) < 4.78 is 1.84. The number of aryl methyl sites for hydroxylation is 1. The van der Waals surface area contributed by atoms with Crippen molar-refractivity contribution in [1.82, 2.24) is 9.78 Å². The van der Waals surface area contributed by atoms with Crippen LogP contribution in [0.5, 0.6) is 0 Å². The normalized spacial score (nSPS) is 45.9.